The van der Waals surface area contributed by atoms with Gasteiger partial charge in [-0.3, -0.25) is 4.99 Å². The van der Waals surface area contributed by atoms with Gasteiger partial charge in [-0.05, 0) is 45.6 Å². The molecule has 0 rings (SSSR count). The van der Waals surface area contributed by atoms with Gasteiger partial charge in [0.05, 0.1) is 5.54 Å². The number of nitrogens with zero attached hydrogens (tertiary/aromatic N) is 1. The molecule has 1 nitrogen and oxygen atoms in total. The molecule has 0 aliphatic carbocycles. The molecule has 0 aromatic carbocycles. The van der Waals surface area contributed by atoms with Gasteiger partial charge in [0.25, 0.3) is 0 Å². The van der Waals surface area contributed by atoms with Crippen LogP contribution in [0.3, 0.4) is 0 Å². The zero-order valence-corrected chi connectivity index (χ0v) is 9.79. The van der Waals surface area contributed by atoms with Gasteiger partial charge in [-0.25, -0.2) is 0 Å². The second-order valence-electron chi connectivity index (χ2n) is 3.96. The lowest BCUT2D eigenvalue weighted by molar-refractivity contribution is 0.582. The Hall–Kier alpha value is 0.0200. The highest BCUT2D eigenvalue weighted by Gasteiger charge is 2.06. The Labute approximate surface area is 81.0 Å². The molecule has 0 bridgehead atoms. The van der Waals surface area contributed by atoms with Crippen LogP contribution in [0, 0.1) is 0 Å². The monoisotopic (exact) mass is 187 g/mol. The average Bonchev–Trinajstić information content (AvgIpc) is 1.84. The van der Waals surface area contributed by atoms with E-state index in [9.17, 15) is 0 Å². The Morgan fingerprint density at radius 3 is 2.33 bits per heavy atom. The highest BCUT2D eigenvalue weighted by atomic mass is 32.2. The van der Waals surface area contributed by atoms with E-state index >= 15 is 0 Å². The van der Waals surface area contributed by atoms with Crippen LogP contribution in [0.5, 0.6) is 0 Å². The van der Waals surface area contributed by atoms with Gasteiger partial charge in [-0.15, -0.1) is 0 Å². The quantitative estimate of drug-likeness (QED) is 0.485. The largest absolute Gasteiger partial charge is 0.289 e. The molecule has 12 heavy (non-hydrogen) atoms. The third-order valence-corrected chi connectivity index (χ3v) is 2.24. The molecule has 0 spiro atoms. The number of hydrogen-bond acceptors (Lipinski definition) is 2. The van der Waals surface area contributed by atoms with Crippen LogP contribution in [0.15, 0.2) is 4.99 Å². The van der Waals surface area contributed by atoms with Crippen molar-refractivity contribution in [2.24, 2.45) is 4.99 Å². The minimum absolute atomic E-state index is 0.0982. The molecule has 0 N–H and O–H groups in total. The molecule has 0 atom stereocenters. The first-order valence-corrected chi connectivity index (χ1v) is 5.74. The Bertz CT molecular complexity index is 144. The van der Waals surface area contributed by atoms with E-state index < -0.39 is 0 Å². The minimum atomic E-state index is 0.0982. The second-order valence-corrected chi connectivity index (χ2v) is 5.36. The van der Waals surface area contributed by atoms with E-state index in [-0.39, 0.29) is 5.54 Å². The predicted octanol–water partition coefficient (Wildman–Crippen LogP) is 3.39. The van der Waals surface area contributed by atoms with E-state index in [1.54, 1.807) is 0 Å². The normalized spacial score (nSPS) is 13.6. The lowest BCUT2D eigenvalue weighted by Crippen LogP contribution is -2.13. The van der Waals surface area contributed by atoms with E-state index in [4.69, 9.17) is 0 Å². The molecular formula is C10H21NS. The average molecular weight is 187 g/mol. The van der Waals surface area contributed by atoms with Crippen molar-refractivity contribution in [2.45, 2.75) is 46.6 Å². The SMILES string of the molecule is CCSCC/C(C)=N\C(C)(C)C. The van der Waals surface area contributed by atoms with Crippen LogP contribution in [-0.2, 0) is 0 Å². The molecule has 0 saturated heterocycles. The zero-order chi connectivity index (χ0) is 9.61. The maximum absolute atomic E-state index is 4.58. The van der Waals surface area contributed by atoms with Crippen LogP contribution >= 0.6 is 11.8 Å². The van der Waals surface area contributed by atoms with E-state index in [1.807, 2.05) is 11.8 Å². The Balaban J connectivity index is 3.71. The lowest BCUT2D eigenvalue weighted by Gasteiger charge is -2.13. The molecule has 2 heteroatoms. The molecule has 0 aliphatic rings. The highest BCUT2D eigenvalue weighted by molar-refractivity contribution is 7.99. The smallest absolute Gasteiger partial charge is 0.0523 e. The van der Waals surface area contributed by atoms with E-state index in [0.717, 1.165) is 6.42 Å². The molecule has 0 fully saturated rings. The van der Waals surface area contributed by atoms with Crippen molar-refractivity contribution in [3.63, 3.8) is 0 Å². The summed E-state index contributed by atoms with van der Waals surface area (Å²) in [4.78, 5) is 4.58. The fourth-order valence-electron chi connectivity index (χ4n) is 0.993. The molecule has 0 aromatic heterocycles. The van der Waals surface area contributed by atoms with Crippen LogP contribution in [0.25, 0.3) is 0 Å². The summed E-state index contributed by atoms with van der Waals surface area (Å²) in [6.45, 7) is 10.7. The summed E-state index contributed by atoms with van der Waals surface area (Å²) < 4.78 is 0. The molecule has 0 aromatic rings. The van der Waals surface area contributed by atoms with E-state index in [2.05, 4.69) is 39.6 Å². The third kappa shape index (κ3) is 8.12. The molecule has 0 radical (unpaired) electrons. The van der Waals surface area contributed by atoms with E-state index in [1.165, 1.54) is 17.2 Å². The summed E-state index contributed by atoms with van der Waals surface area (Å²) in [5.74, 6) is 2.42. The second kappa shape index (κ2) is 5.63. The summed E-state index contributed by atoms with van der Waals surface area (Å²) in [6.07, 6.45) is 1.13. The van der Waals surface area contributed by atoms with Crippen LogP contribution in [-0.4, -0.2) is 22.8 Å². The van der Waals surface area contributed by atoms with Crippen molar-refractivity contribution in [1.29, 1.82) is 0 Å². The van der Waals surface area contributed by atoms with Gasteiger partial charge in [-0.1, -0.05) is 6.92 Å². The standard InChI is InChI=1S/C10H21NS/c1-6-12-8-7-9(2)11-10(3,4)5/h6-8H2,1-5H3/b11-9-. The predicted molar refractivity (Wildman–Crippen MR) is 60.5 cm³/mol. The van der Waals surface area contributed by atoms with Crippen LogP contribution < -0.4 is 0 Å². The van der Waals surface area contributed by atoms with Crippen molar-refractivity contribution in [3.8, 4) is 0 Å². The number of rotatable bonds is 4. The molecule has 0 aliphatic heterocycles. The van der Waals surface area contributed by atoms with Crippen LogP contribution in [0.2, 0.25) is 0 Å². The van der Waals surface area contributed by atoms with Crippen molar-refractivity contribution >= 4 is 17.5 Å². The Kier molecular flexibility index (Phi) is 5.64. The Morgan fingerprint density at radius 1 is 1.33 bits per heavy atom. The summed E-state index contributed by atoms with van der Waals surface area (Å²) in [7, 11) is 0. The van der Waals surface area contributed by atoms with Gasteiger partial charge >= 0.3 is 0 Å². The maximum Gasteiger partial charge on any atom is 0.0523 e. The zero-order valence-electron chi connectivity index (χ0n) is 8.98. The molecule has 72 valence electrons. The maximum atomic E-state index is 4.58. The van der Waals surface area contributed by atoms with Crippen LogP contribution in [0.1, 0.15) is 41.0 Å². The van der Waals surface area contributed by atoms with Gasteiger partial charge in [0.2, 0.25) is 0 Å². The molecule has 0 heterocycles. The van der Waals surface area contributed by atoms with Gasteiger partial charge < -0.3 is 0 Å². The topological polar surface area (TPSA) is 12.4 Å². The Morgan fingerprint density at radius 2 is 1.92 bits per heavy atom. The van der Waals surface area contributed by atoms with E-state index in [0.29, 0.717) is 0 Å². The van der Waals surface area contributed by atoms with Crippen LogP contribution in [0.4, 0.5) is 0 Å². The lowest BCUT2D eigenvalue weighted by atomic mass is 10.1. The highest BCUT2D eigenvalue weighted by Crippen LogP contribution is 2.09. The van der Waals surface area contributed by atoms with Crippen molar-refractivity contribution in [3.05, 3.63) is 0 Å². The summed E-state index contributed by atoms with van der Waals surface area (Å²) in [6, 6.07) is 0. The fraction of sp³-hybridized carbons (Fsp3) is 0.900. The van der Waals surface area contributed by atoms with Gasteiger partial charge in [-0.2, -0.15) is 11.8 Å². The first-order chi connectivity index (χ1) is 5.45. The molecule has 0 unspecified atom stereocenters. The van der Waals surface area contributed by atoms with Gasteiger partial charge in [0.15, 0.2) is 0 Å². The number of aliphatic imine (C=N–C) groups is 1. The van der Waals surface area contributed by atoms with Crippen molar-refractivity contribution in [2.75, 3.05) is 11.5 Å². The molecule has 0 amide bonds. The van der Waals surface area contributed by atoms with Crippen molar-refractivity contribution < 1.29 is 0 Å². The van der Waals surface area contributed by atoms with Gasteiger partial charge in [0.1, 0.15) is 0 Å². The number of thioether (sulfide) groups is 1. The number of hydrogen-bond donors (Lipinski definition) is 0. The molecular weight excluding hydrogens is 166 g/mol. The first-order valence-electron chi connectivity index (χ1n) is 4.59. The molecule has 0 saturated carbocycles. The van der Waals surface area contributed by atoms with Crippen molar-refractivity contribution in [1.82, 2.24) is 0 Å². The summed E-state index contributed by atoms with van der Waals surface area (Å²) in [5.41, 5.74) is 1.38. The fourth-order valence-corrected chi connectivity index (χ4v) is 1.72. The van der Waals surface area contributed by atoms with Gasteiger partial charge in [0, 0.05) is 5.71 Å². The minimum Gasteiger partial charge on any atom is -0.289 e. The third-order valence-electron chi connectivity index (χ3n) is 1.34. The summed E-state index contributed by atoms with van der Waals surface area (Å²) in [5, 5.41) is 0. The summed E-state index contributed by atoms with van der Waals surface area (Å²) >= 11 is 1.98. The first kappa shape index (κ1) is 12.0.